The monoisotopic (exact) mass is 142 g/mol. The Hall–Kier alpha value is -1.06. The fraction of sp³-hybridized carbons (Fsp3) is 0.667. The van der Waals surface area contributed by atoms with E-state index in [9.17, 15) is 0 Å². The van der Waals surface area contributed by atoms with Crippen LogP contribution in [-0.4, -0.2) is 50.6 Å². The maximum absolute atomic E-state index is 3.93. The summed E-state index contributed by atoms with van der Waals surface area (Å²) < 4.78 is 0. The van der Waals surface area contributed by atoms with E-state index in [1.165, 1.54) is 0 Å². The summed E-state index contributed by atoms with van der Waals surface area (Å²) in [5, 5.41) is 11.3. The van der Waals surface area contributed by atoms with E-state index in [4.69, 9.17) is 0 Å². The molecule has 58 valence electrons. The Kier molecular flexibility index (Phi) is 4.28. The van der Waals surface area contributed by atoms with Crippen LogP contribution in [0.25, 0.3) is 0 Å². The quantitative estimate of drug-likeness (QED) is 0.413. The average molecular weight is 142 g/mol. The van der Waals surface area contributed by atoms with Gasteiger partial charge >= 0.3 is 0 Å². The lowest BCUT2D eigenvalue weighted by Crippen LogP contribution is -2.04. The first-order valence-corrected chi connectivity index (χ1v) is 3.04. The Morgan fingerprint density at radius 2 is 1.10 bits per heavy atom. The molecule has 0 aliphatic carbocycles. The van der Waals surface area contributed by atoms with Gasteiger partial charge in [0.05, 0.1) is 12.4 Å². The third-order valence-corrected chi connectivity index (χ3v) is 0.662. The van der Waals surface area contributed by atoms with Gasteiger partial charge in [-0.15, -0.1) is 0 Å². The molecular formula is C6H14N4. The van der Waals surface area contributed by atoms with Crippen molar-refractivity contribution in [3.8, 4) is 0 Å². The van der Waals surface area contributed by atoms with Gasteiger partial charge in [0.2, 0.25) is 0 Å². The number of hydrazone groups is 2. The van der Waals surface area contributed by atoms with Crippen molar-refractivity contribution < 1.29 is 0 Å². The van der Waals surface area contributed by atoms with Crippen molar-refractivity contribution >= 4 is 12.4 Å². The van der Waals surface area contributed by atoms with E-state index in [2.05, 4.69) is 10.2 Å². The summed E-state index contributed by atoms with van der Waals surface area (Å²) in [6.07, 6.45) is 3.28. The molecule has 0 amide bonds. The van der Waals surface area contributed by atoms with Gasteiger partial charge in [0.1, 0.15) is 0 Å². The van der Waals surface area contributed by atoms with Crippen LogP contribution in [0, 0.1) is 0 Å². The maximum atomic E-state index is 3.93. The highest BCUT2D eigenvalue weighted by molar-refractivity contribution is 6.15. The Morgan fingerprint density at radius 3 is 1.30 bits per heavy atom. The molecule has 0 unspecified atom stereocenters. The molecular weight excluding hydrogens is 128 g/mol. The van der Waals surface area contributed by atoms with Gasteiger partial charge < -0.3 is 10.0 Å². The molecule has 10 heavy (non-hydrogen) atoms. The van der Waals surface area contributed by atoms with Crippen molar-refractivity contribution in [2.45, 2.75) is 0 Å². The zero-order chi connectivity index (χ0) is 7.98. The predicted molar refractivity (Wildman–Crippen MR) is 44.4 cm³/mol. The molecule has 0 fully saturated rings. The van der Waals surface area contributed by atoms with E-state index in [0.717, 1.165) is 0 Å². The maximum Gasteiger partial charge on any atom is 0.0671 e. The summed E-state index contributed by atoms with van der Waals surface area (Å²) >= 11 is 0. The molecule has 0 aromatic heterocycles. The first kappa shape index (κ1) is 8.94. The molecule has 0 radical (unpaired) electrons. The third kappa shape index (κ3) is 6.94. The van der Waals surface area contributed by atoms with Crippen LogP contribution in [0.15, 0.2) is 10.2 Å². The Morgan fingerprint density at radius 1 is 0.800 bits per heavy atom. The molecule has 0 bridgehead atoms. The second-order valence-corrected chi connectivity index (χ2v) is 2.22. The average Bonchev–Trinajstić information content (AvgIpc) is 1.79. The van der Waals surface area contributed by atoms with Crippen molar-refractivity contribution in [1.82, 2.24) is 10.0 Å². The summed E-state index contributed by atoms with van der Waals surface area (Å²) in [5.74, 6) is 0. The van der Waals surface area contributed by atoms with E-state index >= 15 is 0 Å². The molecule has 0 spiro atoms. The minimum atomic E-state index is 1.64. The van der Waals surface area contributed by atoms with E-state index < -0.39 is 0 Å². The molecule has 0 saturated heterocycles. The minimum Gasteiger partial charge on any atom is -0.303 e. The van der Waals surface area contributed by atoms with Crippen molar-refractivity contribution in [2.24, 2.45) is 10.2 Å². The minimum absolute atomic E-state index is 1.64. The second-order valence-electron chi connectivity index (χ2n) is 2.22. The molecule has 0 aliphatic heterocycles. The molecule has 0 saturated carbocycles. The molecule has 0 aliphatic rings. The zero-order valence-corrected chi connectivity index (χ0v) is 6.94. The van der Waals surface area contributed by atoms with Gasteiger partial charge in [-0.1, -0.05) is 0 Å². The first-order chi connectivity index (χ1) is 4.63. The topological polar surface area (TPSA) is 31.2 Å². The summed E-state index contributed by atoms with van der Waals surface area (Å²) in [6.45, 7) is 0. The van der Waals surface area contributed by atoms with Crippen LogP contribution in [0.3, 0.4) is 0 Å². The molecule has 0 N–H and O–H groups in total. The number of nitrogens with zero attached hydrogens (tertiary/aromatic N) is 4. The summed E-state index contributed by atoms with van der Waals surface area (Å²) in [6, 6.07) is 0. The predicted octanol–water partition coefficient (Wildman–Crippen LogP) is 0.0812. The number of rotatable bonds is 3. The van der Waals surface area contributed by atoms with Gasteiger partial charge in [-0.3, -0.25) is 0 Å². The SMILES string of the molecule is CN(C)/N=C/C=N/N(C)C. The zero-order valence-electron chi connectivity index (χ0n) is 6.94. The van der Waals surface area contributed by atoms with Gasteiger partial charge in [0.25, 0.3) is 0 Å². The van der Waals surface area contributed by atoms with Crippen LogP contribution in [-0.2, 0) is 0 Å². The van der Waals surface area contributed by atoms with Gasteiger partial charge in [0.15, 0.2) is 0 Å². The third-order valence-electron chi connectivity index (χ3n) is 0.662. The molecule has 0 rings (SSSR count). The highest BCUT2D eigenvalue weighted by Crippen LogP contribution is 1.72. The van der Waals surface area contributed by atoms with E-state index in [0.29, 0.717) is 0 Å². The molecule has 0 heterocycles. The lowest BCUT2D eigenvalue weighted by atomic mass is 10.8. The summed E-state index contributed by atoms with van der Waals surface area (Å²) in [4.78, 5) is 0. The fourth-order valence-electron chi connectivity index (χ4n) is 0.326. The van der Waals surface area contributed by atoms with Gasteiger partial charge in [-0.2, -0.15) is 10.2 Å². The number of hydrogen-bond donors (Lipinski definition) is 0. The van der Waals surface area contributed by atoms with E-state index in [1.807, 2.05) is 28.2 Å². The van der Waals surface area contributed by atoms with Crippen LogP contribution in [0.4, 0.5) is 0 Å². The molecule has 4 heteroatoms. The molecule has 0 atom stereocenters. The van der Waals surface area contributed by atoms with Crippen LogP contribution in [0.5, 0.6) is 0 Å². The second kappa shape index (κ2) is 4.78. The van der Waals surface area contributed by atoms with Gasteiger partial charge in [-0.05, 0) is 0 Å². The number of hydrogen-bond acceptors (Lipinski definition) is 4. The highest BCUT2D eigenvalue weighted by atomic mass is 15.4. The molecule has 4 nitrogen and oxygen atoms in total. The standard InChI is InChI=1S/C6H14N4/c1-9(2)7-5-6-8-10(3)4/h5-6H,1-4H3/b7-5+,8-6+. The van der Waals surface area contributed by atoms with Crippen molar-refractivity contribution in [3.05, 3.63) is 0 Å². The van der Waals surface area contributed by atoms with E-state index in [-0.39, 0.29) is 0 Å². The van der Waals surface area contributed by atoms with Crippen LogP contribution >= 0.6 is 0 Å². The summed E-state index contributed by atoms with van der Waals surface area (Å²) in [5.41, 5.74) is 0. The molecule has 0 aromatic rings. The van der Waals surface area contributed by atoms with Crippen LogP contribution in [0.2, 0.25) is 0 Å². The lowest BCUT2D eigenvalue weighted by molar-refractivity contribution is 0.437. The lowest BCUT2D eigenvalue weighted by Gasteiger charge is -2.01. The Bertz CT molecular complexity index is 110. The van der Waals surface area contributed by atoms with E-state index in [1.54, 1.807) is 22.4 Å². The summed E-state index contributed by atoms with van der Waals surface area (Å²) in [7, 11) is 7.44. The van der Waals surface area contributed by atoms with Crippen molar-refractivity contribution in [1.29, 1.82) is 0 Å². The van der Waals surface area contributed by atoms with Gasteiger partial charge in [0, 0.05) is 28.2 Å². The van der Waals surface area contributed by atoms with Crippen molar-refractivity contribution in [2.75, 3.05) is 28.2 Å². The first-order valence-electron chi connectivity index (χ1n) is 3.04. The highest BCUT2D eigenvalue weighted by Gasteiger charge is 1.74. The van der Waals surface area contributed by atoms with Crippen LogP contribution < -0.4 is 0 Å². The van der Waals surface area contributed by atoms with Crippen molar-refractivity contribution in [3.63, 3.8) is 0 Å². The fourth-order valence-corrected chi connectivity index (χ4v) is 0.326. The largest absolute Gasteiger partial charge is 0.303 e. The van der Waals surface area contributed by atoms with Gasteiger partial charge in [-0.25, -0.2) is 0 Å². The smallest absolute Gasteiger partial charge is 0.0671 e. The van der Waals surface area contributed by atoms with Crippen LogP contribution in [0.1, 0.15) is 0 Å². The normalized spacial score (nSPS) is 11.2. The Labute approximate surface area is 61.8 Å². The molecule has 0 aromatic carbocycles. The Balaban J connectivity index is 3.52.